The minimum absolute atomic E-state index is 0.118. The van der Waals surface area contributed by atoms with Crippen LogP contribution in [-0.4, -0.2) is 30.7 Å². The Labute approximate surface area is 95.1 Å². The molecule has 102 valence electrons. The van der Waals surface area contributed by atoms with Gasteiger partial charge in [-0.2, -0.15) is 22.0 Å². The molecule has 0 heterocycles. The van der Waals surface area contributed by atoms with Crippen LogP contribution in [0.4, 0.5) is 22.0 Å². The van der Waals surface area contributed by atoms with Gasteiger partial charge in [0.25, 0.3) is 0 Å². The van der Waals surface area contributed by atoms with Crippen LogP contribution in [0.15, 0.2) is 0 Å². The van der Waals surface area contributed by atoms with Gasteiger partial charge in [-0.3, -0.25) is 4.79 Å². The largest absolute Gasteiger partial charge is 0.466 e. The first-order valence-corrected chi connectivity index (χ1v) is 4.96. The van der Waals surface area contributed by atoms with Crippen molar-refractivity contribution >= 4 is 5.97 Å². The van der Waals surface area contributed by atoms with Gasteiger partial charge in [0.2, 0.25) is 0 Å². The monoisotopic (exact) mass is 263 g/mol. The van der Waals surface area contributed by atoms with E-state index >= 15 is 0 Å². The summed E-state index contributed by atoms with van der Waals surface area (Å²) < 4.78 is 65.0. The fourth-order valence-electron chi connectivity index (χ4n) is 1.08. The third-order valence-corrected chi connectivity index (χ3v) is 1.96. The van der Waals surface area contributed by atoms with E-state index < -0.39 is 30.5 Å². The zero-order valence-electron chi connectivity index (χ0n) is 9.19. The fourth-order valence-corrected chi connectivity index (χ4v) is 1.08. The van der Waals surface area contributed by atoms with Crippen LogP contribution in [0.25, 0.3) is 0 Å². The number of hydrogen-bond donors (Lipinski definition) is 1. The number of alkyl halides is 5. The lowest BCUT2D eigenvalue weighted by Crippen LogP contribution is -2.42. The Kier molecular flexibility index (Phi) is 5.80. The van der Waals surface area contributed by atoms with Crippen LogP contribution in [-0.2, 0) is 9.53 Å². The van der Waals surface area contributed by atoms with Gasteiger partial charge >= 0.3 is 18.1 Å². The average Bonchev–Trinajstić information content (AvgIpc) is 2.12. The molecule has 0 aliphatic carbocycles. The Morgan fingerprint density at radius 2 is 1.82 bits per heavy atom. The minimum Gasteiger partial charge on any atom is -0.466 e. The van der Waals surface area contributed by atoms with E-state index in [9.17, 15) is 26.7 Å². The summed E-state index contributed by atoms with van der Waals surface area (Å²) in [6, 6.07) is -1.41. The van der Waals surface area contributed by atoms with Gasteiger partial charge in [-0.25, -0.2) is 0 Å². The fraction of sp³-hybridized carbons (Fsp3) is 0.889. The zero-order chi connectivity index (χ0) is 13.7. The number of carbonyl (C=O) groups excluding carboxylic acids is 1. The second kappa shape index (κ2) is 6.13. The summed E-state index contributed by atoms with van der Waals surface area (Å²) in [6.07, 6.45) is -7.70. The summed E-state index contributed by atoms with van der Waals surface area (Å²) in [6.45, 7) is 1.67. The van der Waals surface area contributed by atoms with Gasteiger partial charge in [-0.05, 0) is 13.3 Å². The number of ether oxygens (including phenoxy) is 1. The molecule has 0 rings (SSSR count). The smallest absolute Gasteiger partial charge is 0.453 e. The van der Waals surface area contributed by atoms with Crippen LogP contribution in [0.3, 0.4) is 0 Å². The van der Waals surface area contributed by atoms with Crippen molar-refractivity contribution in [1.29, 1.82) is 0 Å². The van der Waals surface area contributed by atoms with E-state index in [0.717, 1.165) is 0 Å². The van der Waals surface area contributed by atoms with E-state index in [1.165, 1.54) is 0 Å². The summed E-state index contributed by atoms with van der Waals surface area (Å²) in [5, 5.41) is 0. The Morgan fingerprint density at radius 1 is 1.29 bits per heavy atom. The minimum atomic E-state index is -5.62. The molecule has 0 amide bonds. The molecule has 0 aromatic heterocycles. The quantitative estimate of drug-likeness (QED) is 0.590. The predicted octanol–water partition coefficient (Wildman–Crippen LogP) is 2.24. The van der Waals surface area contributed by atoms with Gasteiger partial charge in [0, 0.05) is 18.9 Å². The van der Waals surface area contributed by atoms with Crippen molar-refractivity contribution in [2.24, 2.45) is 5.73 Å². The van der Waals surface area contributed by atoms with E-state index in [4.69, 9.17) is 5.73 Å². The summed E-state index contributed by atoms with van der Waals surface area (Å²) in [7, 11) is 0. The molecule has 0 saturated carbocycles. The van der Waals surface area contributed by atoms with E-state index in [0.29, 0.717) is 0 Å². The first kappa shape index (κ1) is 16.1. The second-order valence-corrected chi connectivity index (χ2v) is 3.51. The van der Waals surface area contributed by atoms with Crippen molar-refractivity contribution in [2.75, 3.05) is 6.61 Å². The second-order valence-electron chi connectivity index (χ2n) is 3.51. The lowest BCUT2D eigenvalue weighted by Gasteiger charge is -2.22. The highest BCUT2D eigenvalue weighted by Gasteiger charge is 2.57. The third kappa shape index (κ3) is 5.81. The molecule has 3 nitrogen and oxygen atoms in total. The lowest BCUT2D eigenvalue weighted by molar-refractivity contribution is -0.285. The van der Waals surface area contributed by atoms with Crippen molar-refractivity contribution < 1.29 is 31.5 Å². The molecule has 1 unspecified atom stereocenters. The maximum atomic E-state index is 12.5. The molecule has 8 heteroatoms. The van der Waals surface area contributed by atoms with Gasteiger partial charge < -0.3 is 10.5 Å². The molecule has 1 atom stereocenters. The van der Waals surface area contributed by atoms with Gasteiger partial charge in [0.15, 0.2) is 0 Å². The molecule has 17 heavy (non-hydrogen) atoms. The van der Waals surface area contributed by atoms with Crippen LogP contribution < -0.4 is 5.73 Å². The molecule has 0 aromatic rings. The first-order valence-electron chi connectivity index (χ1n) is 4.96. The van der Waals surface area contributed by atoms with Crippen LogP contribution in [0, 0.1) is 0 Å². The Hall–Kier alpha value is -0.920. The van der Waals surface area contributed by atoms with Gasteiger partial charge in [0.05, 0.1) is 6.61 Å². The van der Waals surface area contributed by atoms with Crippen LogP contribution in [0.1, 0.15) is 26.2 Å². The van der Waals surface area contributed by atoms with E-state index in [-0.39, 0.29) is 19.4 Å². The zero-order valence-corrected chi connectivity index (χ0v) is 9.19. The molecule has 0 radical (unpaired) electrons. The van der Waals surface area contributed by atoms with E-state index in [2.05, 4.69) is 4.74 Å². The molecule has 0 spiro atoms. The maximum absolute atomic E-state index is 12.5. The van der Waals surface area contributed by atoms with Gasteiger partial charge in [-0.1, -0.05) is 0 Å². The molecule has 0 fully saturated rings. The average molecular weight is 263 g/mol. The van der Waals surface area contributed by atoms with Crippen molar-refractivity contribution in [1.82, 2.24) is 0 Å². The summed E-state index contributed by atoms with van der Waals surface area (Å²) in [5.74, 6) is -5.50. The predicted molar refractivity (Wildman–Crippen MR) is 49.5 cm³/mol. The first-order chi connectivity index (χ1) is 7.60. The number of rotatable bonds is 6. The van der Waals surface area contributed by atoms with Crippen LogP contribution >= 0.6 is 0 Å². The van der Waals surface area contributed by atoms with Crippen molar-refractivity contribution in [2.45, 2.75) is 44.3 Å². The number of halogens is 5. The molecule has 0 bridgehead atoms. The number of carbonyl (C=O) groups is 1. The molecular weight excluding hydrogens is 249 g/mol. The number of nitrogens with two attached hydrogens (primary N) is 1. The highest BCUT2D eigenvalue weighted by Crippen LogP contribution is 2.38. The number of hydrogen-bond acceptors (Lipinski definition) is 3. The van der Waals surface area contributed by atoms with Crippen molar-refractivity contribution in [3.8, 4) is 0 Å². The topological polar surface area (TPSA) is 52.3 Å². The molecular formula is C9H14F5NO2. The van der Waals surface area contributed by atoms with E-state index in [1.807, 2.05) is 0 Å². The van der Waals surface area contributed by atoms with Crippen LogP contribution in [0.5, 0.6) is 0 Å². The SMILES string of the molecule is CCOC(=O)CCC(N)CC(F)(F)C(F)(F)F. The normalized spacial score (nSPS) is 14.5. The highest BCUT2D eigenvalue weighted by molar-refractivity contribution is 5.69. The molecule has 2 N–H and O–H groups in total. The maximum Gasteiger partial charge on any atom is 0.453 e. The lowest BCUT2D eigenvalue weighted by atomic mass is 10.0. The van der Waals surface area contributed by atoms with Crippen molar-refractivity contribution in [3.05, 3.63) is 0 Å². The summed E-state index contributed by atoms with van der Waals surface area (Å²) in [5.41, 5.74) is 5.11. The Bertz CT molecular complexity index is 254. The summed E-state index contributed by atoms with van der Waals surface area (Å²) in [4.78, 5) is 10.8. The van der Waals surface area contributed by atoms with E-state index in [1.54, 1.807) is 6.92 Å². The Balaban J connectivity index is 4.10. The molecule has 0 aromatic carbocycles. The molecule has 0 aliphatic rings. The third-order valence-electron chi connectivity index (χ3n) is 1.96. The Morgan fingerprint density at radius 3 is 2.24 bits per heavy atom. The standard InChI is InChI=1S/C9H14F5NO2/c1-2-17-7(16)4-3-6(15)5-8(10,11)9(12,13)14/h6H,2-5,15H2,1H3. The van der Waals surface area contributed by atoms with Gasteiger partial charge in [0.1, 0.15) is 0 Å². The molecule has 0 saturated heterocycles. The van der Waals surface area contributed by atoms with Gasteiger partial charge in [-0.15, -0.1) is 0 Å². The summed E-state index contributed by atoms with van der Waals surface area (Å²) >= 11 is 0. The van der Waals surface area contributed by atoms with Crippen molar-refractivity contribution in [3.63, 3.8) is 0 Å². The highest BCUT2D eigenvalue weighted by atomic mass is 19.4. The number of esters is 1. The molecule has 0 aliphatic heterocycles. The van der Waals surface area contributed by atoms with Crippen LogP contribution in [0.2, 0.25) is 0 Å².